The largest absolute Gasteiger partial charge is 0.495 e. The summed E-state index contributed by atoms with van der Waals surface area (Å²) in [6.07, 6.45) is 0.662. The number of methoxy groups -OCH3 is 1. The van der Waals surface area contributed by atoms with Gasteiger partial charge in [0.25, 0.3) is 5.69 Å². The number of carboxylic acids is 1. The number of rotatable bonds is 5. The first kappa shape index (κ1) is 16.2. The van der Waals surface area contributed by atoms with E-state index in [4.69, 9.17) is 9.84 Å². The van der Waals surface area contributed by atoms with Gasteiger partial charge >= 0.3 is 5.97 Å². The molecule has 1 aromatic carbocycles. The number of ether oxygens (including phenoxy) is 1. The zero-order valence-corrected chi connectivity index (χ0v) is 12.4. The summed E-state index contributed by atoms with van der Waals surface area (Å²) in [4.78, 5) is 20.9. The summed E-state index contributed by atoms with van der Waals surface area (Å²) in [6, 6.07) is 1.97. The van der Waals surface area contributed by atoms with E-state index in [1.54, 1.807) is 0 Å². The number of carbonyl (C=O) groups is 1. The average molecular weight is 330 g/mol. The fourth-order valence-corrected chi connectivity index (χ4v) is 4.17. The van der Waals surface area contributed by atoms with Crippen molar-refractivity contribution in [2.75, 3.05) is 13.7 Å². The van der Waals surface area contributed by atoms with Crippen molar-refractivity contribution in [1.82, 2.24) is 4.31 Å². The van der Waals surface area contributed by atoms with Crippen molar-refractivity contribution in [3.05, 3.63) is 28.3 Å². The summed E-state index contributed by atoms with van der Waals surface area (Å²) in [5.41, 5.74) is -0.313. The number of nitro groups is 1. The van der Waals surface area contributed by atoms with Crippen LogP contribution in [0.15, 0.2) is 23.1 Å². The molecule has 1 saturated heterocycles. The predicted molar refractivity (Wildman–Crippen MR) is 74.2 cm³/mol. The lowest BCUT2D eigenvalue weighted by atomic mass is 10.2. The third-order valence-electron chi connectivity index (χ3n) is 3.43. The maximum absolute atomic E-state index is 12.6. The molecule has 1 heterocycles. The first-order chi connectivity index (χ1) is 10.3. The van der Waals surface area contributed by atoms with Crippen LogP contribution in [0.5, 0.6) is 5.75 Å². The molecular weight excluding hydrogens is 316 g/mol. The Hall–Kier alpha value is -2.20. The maximum Gasteiger partial charge on any atom is 0.322 e. The minimum atomic E-state index is -4.11. The van der Waals surface area contributed by atoms with Crippen LogP contribution < -0.4 is 4.74 Å². The van der Waals surface area contributed by atoms with E-state index in [2.05, 4.69) is 0 Å². The van der Waals surface area contributed by atoms with Crippen LogP contribution >= 0.6 is 0 Å². The molecule has 0 aromatic heterocycles. The number of non-ortho nitro benzene ring substituents is 1. The van der Waals surface area contributed by atoms with Gasteiger partial charge in [0.15, 0.2) is 0 Å². The molecule has 22 heavy (non-hydrogen) atoms. The summed E-state index contributed by atoms with van der Waals surface area (Å²) < 4.78 is 31.1. The number of aliphatic carboxylic acids is 1. The van der Waals surface area contributed by atoms with Gasteiger partial charge in [-0.25, -0.2) is 8.42 Å². The highest BCUT2D eigenvalue weighted by Gasteiger charge is 2.40. The van der Waals surface area contributed by atoms with Gasteiger partial charge in [-0.05, 0) is 18.9 Å². The summed E-state index contributed by atoms with van der Waals surface area (Å²) >= 11 is 0. The molecule has 1 fully saturated rings. The second-order valence-electron chi connectivity index (χ2n) is 4.70. The highest BCUT2D eigenvalue weighted by atomic mass is 32.2. The molecule has 0 saturated carbocycles. The minimum Gasteiger partial charge on any atom is -0.495 e. The molecule has 10 heteroatoms. The topological polar surface area (TPSA) is 127 Å². The van der Waals surface area contributed by atoms with Crippen molar-refractivity contribution >= 4 is 21.7 Å². The summed E-state index contributed by atoms with van der Waals surface area (Å²) in [5, 5.41) is 19.9. The Morgan fingerprint density at radius 2 is 2.18 bits per heavy atom. The van der Waals surface area contributed by atoms with Crippen molar-refractivity contribution in [2.24, 2.45) is 0 Å². The second kappa shape index (κ2) is 5.89. The van der Waals surface area contributed by atoms with E-state index in [1.165, 1.54) is 7.11 Å². The van der Waals surface area contributed by atoms with Crippen LogP contribution in [0.4, 0.5) is 5.69 Å². The van der Waals surface area contributed by atoms with Crippen LogP contribution in [-0.2, 0) is 14.8 Å². The van der Waals surface area contributed by atoms with E-state index in [9.17, 15) is 23.3 Å². The van der Waals surface area contributed by atoms with Crippen molar-refractivity contribution in [1.29, 1.82) is 0 Å². The molecule has 120 valence electrons. The highest BCUT2D eigenvalue weighted by molar-refractivity contribution is 7.89. The van der Waals surface area contributed by atoms with Crippen LogP contribution in [0.2, 0.25) is 0 Å². The molecule has 1 unspecified atom stereocenters. The molecular formula is C12H14N2O7S. The van der Waals surface area contributed by atoms with E-state index < -0.39 is 27.0 Å². The van der Waals surface area contributed by atoms with Crippen molar-refractivity contribution < 1.29 is 28.0 Å². The Labute approximate surface area is 126 Å². The lowest BCUT2D eigenvalue weighted by Gasteiger charge is -2.21. The number of carboxylic acid groups (broad SMARTS) is 1. The zero-order chi connectivity index (χ0) is 16.5. The first-order valence-electron chi connectivity index (χ1n) is 6.36. The lowest BCUT2D eigenvalue weighted by molar-refractivity contribution is -0.385. The van der Waals surface area contributed by atoms with Gasteiger partial charge in [-0.15, -0.1) is 0 Å². The standard InChI is InChI=1S/C12H14N2O7S/c1-21-10-7-8(14(17)18)4-5-11(10)22(19,20)13-6-2-3-9(13)12(15)16/h4-5,7,9H,2-3,6H2,1H3,(H,15,16). The van der Waals surface area contributed by atoms with Gasteiger partial charge in [0.05, 0.1) is 18.1 Å². The third kappa shape index (κ3) is 2.74. The summed E-state index contributed by atoms with van der Waals surface area (Å²) in [6.45, 7) is 0.0828. The summed E-state index contributed by atoms with van der Waals surface area (Å²) in [7, 11) is -2.92. The molecule has 2 rings (SSSR count). The van der Waals surface area contributed by atoms with Gasteiger partial charge < -0.3 is 9.84 Å². The lowest BCUT2D eigenvalue weighted by Crippen LogP contribution is -2.40. The molecule has 0 amide bonds. The molecule has 0 bridgehead atoms. The molecule has 1 atom stereocenters. The maximum atomic E-state index is 12.6. The second-order valence-corrected chi connectivity index (χ2v) is 6.56. The van der Waals surface area contributed by atoms with E-state index in [-0.39, 0.29) is 29.3 Å². The number of hydrogen-bond donors (Lipinski definition) is 1. The zero-order valence-electron chi connectivity index (χ0n) is 11.6. The Morgan fingerprint density at radius 3 is 2.73 bits per heavy atom. The number of sulfonamides is 1. The van der Waals surface area contributed by atoms with Crippen LogP contribution in [0.3, 0.4) is 0 Å². The highest BCUT2D eigenvalue weighted by Crippen LogP contribution is 2.33. The Kier molecular flexibility index (Phi) is 4.33. The third-order valence-corrected chi connectivity index (χ3v) is 5.38. The Balaban J connectivity index is 2.49. The number of hydrogen-bond acceptors (Lipinski definition) is 6. The molecule has 0 spiro atoms. The SMILES string of the molecule is COc1cc([N+](=O)[O-])ccc1S(=O)(=O)N1CCCC1C(=O)O. The van der Waals surface area contributed by atoms with Crippen LogP contribution in [0.25, 0.3) is 0 Å². The molecule has 0 radical (unpaired) electrons. The van der Waals surface area contributed by atoms with E-state index >= 15 is 0 Å². The Bertz CT molecular complexity index is 716. The quantitative estimate of drug-likeness (QED) is 0.626. The van der Waals surface area contributed by atoms with E-state index in [1.807, 2.05) is 0 Å². The molecule has 9 nitrogen and oxygen atoms in total. The van der Waals surface area contributed by atoms with Gasteiger partial charge in [-0.2, -0.15) is 4.31 Å². The van der Waals surface area contributed by atoms with Crippen molar-refractivity contribution in [3.8, 4) is 5.75 Å². The van der Waals surface area contributed by atoms with Gasteiger partial charge in [-0.1, -0.05) is 0 Å². The fraction of sp³-hybridized carbons (Fsp3) is 0.417. The first-order valence-corrected chi connectivity index (χ1v) is 7.80. The summed E-state index contributed by atoms with van der Waals surface area (Å²) in [5.74, 6) is -1.41. The van der Waals surface area contributed by atoms with Crippen LogP contribution in [0, 0.1) is 10.1 Å². The fourth-order valence-electron chi connectivity index (χ4n) is 2.38. The van der Waals surface area contributed by atoms with Crippen LogP contribution in [-0.4, -0.2) is 48.4 Å². The molecule has 1 aliphatic heterocycles. The minimum absolute atomic E-state index is 0.0828. The molecule has 1 aliphatic rings. The van der Waals surface area contributed by atoms with Gasteiger partial charge in [-0.3, -0.25) is 14.9 Å². The van der Waals surface area contributed by atoms with E-state index in [0.29, 0.717) is 6.42 Å². The normalized spacial score (nSPS) is 19.0. The van der Waals surface area contributed by atoms with Gasteiger partial charge in [0.2, 0.25) is 10.0 Å². The van der Waals surface area contributed by atoms with E-state index in [0.717, 1.165) is 22.5 Å². The van der Waals surface area contributed by atoms with Crippen molar-refractivity contribution in [2.45, 2.75) is 23.8 Å². The Morgan fingerprint density at radius 1 is 1.50 bits per heavy atom. The van der Waals surface area contributed by atoms with Crippen LogP contribution in [0.1, 0.15) is 12.8 Å². The molecule has 1 N–H and O–H groups in total. The predicted octanol–water partition coefficient (Wildman–Crippen LogP) is 0.841. The van der Waals surface area contributed by atoms with Gasteiger partial charge in [0, 0.05) is 12.6 Å². The van der Waals surface area contributed by atoms with Crippen molar-refractivity contribution in [3.63, 3.8) is 0 Å². The number of nitrogens with zero attached hydrogens (tertiary/aromatic N) is 2. The molecule has 0 aliphatic carbocycles. The average Bonchev–Trinajstić information content (AvgIpc) is 2.96. The number of benzene rings is 1. The number of nitro benzene ring substituents is 1. The van der Waals surface area contributed by atoms with Gasteiger partial charge in [0.1, 0.15) is 16.7 Å². The monoisotopic (exact) mass is 330 g/mol. The molecule has 1 aromatic rings. The smallest absolute Gasteiger partial charge is 0.322 e.